The first-order valence-electron chi connectivity index (χ1n) is 9.60. The first-order chi connectivity index (χ1) is 10.8. The lowest BCUT2D eigenvalue weighted by Gasteiger charge is -2.21. The number of amides is 1. The normalized spacial score (nSPS) is 18.3. The Bertz CT molecular complexity index is 315. The standard InChI is InChI=1S/C19H36N2O/c1-3-5-6-7-8-9-10-11-12-19(22)21-20-18-15-13-17(4-2)14-16-18/h17H,3-16H2,1-2H3,(H,21,22). The van der Waals surface area contributed by atoms with Gasteiger partial charge in [-0.05, 0) is 38.0 Å². The zero-order chi connectivity index (χ0) is 16.0. The molecule has 1 N–H and O–H groups in total. The predicted molar refractivity (Wildman–Crippen MR) is 95.1 cm³/mol. The fraction of sp³-hybridized carbons (Fsp3) is 0.895. The highest BCUT2D eigenvalue weighted by Gasteiger charge is 2.15. The smallest absolute Gasteiger partial charge is 0.240 e. The van der Waals surface area contributed by atoms with E-state index in [0.717, 1.165) is 25.2 Å². The zero-order valence-corrected chi connectivity index (χ0v) is 14.8. The van der Waals surface area contributed by atoms with Crippen LogP contribution in [0.5, 0.6) is 0 Å². The molecular formula is C19H36N2O. The molecule has 0 aromatic rings. The molecule has 0 bridgehead atoms. The second-order valence-corrected chi connectivity index (χ2v) is 6.79. The van der Waals surface area contributed by atoms with Gasteiger partial charge in [-0.25, -0.2) is 5.43 Å². The van der Waals surface area contributed by atoms with E-state index in [1.54, 1.807) is 0 Å². The Morgan fingerprint density at radius 3 is 2.18 bits per heavy atom. The average Bonchev–Trinajstić information content (AvgIpc) is 2.56. The molecule has 1 aliphatic carbocycles. The van der Waals surface area contributed by atoms with E-state index in [2.05, 4.69) is 24.4 Å². The SMILES string of the molecule is CCCCCCCCCCC(=O)NN=C1CCC(CC)CC1. The number of carbonyl (C=O) groups is 1. The van der Waals surface area contributed by atoms with Crippen molar-refractivity contribution in [1.82, 2.24) is 5.43 Å². The molecule has 1 amide bonds. The largest absolute Gasteiger partial charge is 0.273 e. The summed E-state index contributed by atoms with van der Waals surface area (Å²) in [6.45, 7) is 4.51. The summed E-state index contributed by atoms with van der Waals surface area (Å²) in [7, 11) is 0. The van der Waals surface area contributed by atoms with E-state index < -0.39 is 0 Å². The summed E-state index contributed by atoms with van der Waals surface area (Å²) in [6, 6.07) is 0. The van der Waals surface area contributed by atoms with Crippen molar-refractivity contribution in [3.05, 3.63) is 0 Å². The topological polar surface area (TPSA) is 41.5 Å². The van der Waals surface area contributed by atoms with Crippen molar-refractivity contribution in [2.24, 2.45) is 11.0 Å². The summed E-state index contributed by atoms with van der Waals surface area (Å²) in [5.74, 6) is 0.961. The highest BCUT2D eigenvalue weighted by atomic mass is 16.2. The van der Waals surface area contributed by atoms with Crippen LogP contribution < -0.4 is 5.43 Å². The third-order valence-electron chi connectivity index (χ3n) is 4.86. The molecule has 0 spiro atoms. The molecule has 0 aromatic carbocycles. The third-order valence-corrected chi connectivity index (χ3v) is 4.86. The molecule has 0 atom stereocenters. The molecule has 0 unspecified atom stereocenters. The number of nitrogens with zero attached hydrogens (tertiary/aromatic N) is 1. The molecule has 3 nitrogen and oxygen atoms in total. The van der Waals surface area contributed by atoms with E-state index in [1.807, 2.05) is 0 Å². The number of nitrogens with one attached hydrogen (secondary N) is 1. The molecule has 1 fully saturated rings. The second kappa shape index (κ2) is 12.7. The molecule has 1 rings (SSSR count). The van der Waals surface area contributed by atoms with Crippen molar-refractivity contribution in [3.8, 4) is 0 Å². The van der Waals surface area contributed by atoms with Gasteiger partial charge in [-0.3, -0.25) is 4.79 Å². The average molecular weight is 309 g/mol. The highest BCUT2D eigenvalue weighted by Crippen LogP contribution is 2.24. The van der Waals surface area contributed by atoms with Crippen molar-refractivity contribution in [3.63, 3.8) is 0 Å². The van der Waals surface area contributed by atoms with Crippen LogP contribution >= 0.6 is 0 Å². The van der Waals surface area contributed by atoms with Gasteiger partial charge < -0.3 is 0 Å². The second-order valence-electron chi connectivity index (χ2n) is 6.79. The van der Waals surface area contributed by atoms with Crippen molar-refractivity contribution in [2.75, 3.05) is 0 Å². The Morgan fingerprint density at radius 1 is 1.00 bits per heavy atom. The maximum absolute atomic E-state index is 11.8. The Kier molecular flexibility index (Phi) is 11.0. The maximum atomic E-state index is 11.8. The van der Waals surface area contributed by atoms with Gasteiger partial charge in [0.25, 0.3) is 0 Å². The third kappa shape index (κ3) is 9.22. The van der Waals surface area contributed by atoms with Gasteiger partial charge in [0, 0.05) is 12.1 Å². The van der Waals surface area contributed by atoms with Gasteiger partial charge in [0.05, 0.1) is 0 Å². The van der Waals surface area contributed by atoms with E-state index in [-0.39, 0.29) is 5.91 Å². The molecule has 3 heteroatoms. The fourth-order valence-electron chi connectivity index (χ4n) is 3.15. The molecule has 0 aromatic heterocycles. The first-order valence-corrected chi connectivity index (χ1v) is 9.60. The van der Waals surface area contributed by atoms with Gasteiger partial charge >= 0.3 is 0 Å². The zero-order valence-electron chi connectivity index (χ0n) is 14.8. The van der Waals surface area contributed by atoms with Crippen LogP contribution in [-0.4, -0.2) is 11.6 Å². The van der Waals surface area contributed by atoms with Crippen LogP contribution in [0.3, 0.4) is 0 Å². The van der Waals surface area contributed by atoms with Crippen molar-refractivity contribution in [2.45, 2.75) is 104 Å². The van der Waals surface area contributed by atoms with Crippen LogP contribution in [0.15, 0.2) is 5.10 Å². The van der Waals surface area contributed by atoms with Crippen molar-refractivity contribution in [1.29, 1.82) is 0 Å². The van der Waals surface area contributed by atoms with E-state index in [0.29, 0.717) is 6.42 Å². The summed E-state index contributed by atoms with van der Waals surface area (Å²) in [5.41, 5.74) is 3.94. The van der Waals surface area contributed by atoms with E-state index in [1.165, 1.54) is 69.9 Å². The summed E-state index contributed by atoms with van der Waals surface area (Å²) in [5, 5.41) is 4.32. The van der Waals surface area contributed by atoms with Gasteiger partial charge in [0.15, 0.2) is 0 Å². The minimum atomic E-state index is 0.0936. The Morgan fingerprint density at radius 2 is 1.59 bits per heavy atom. The van der Waals surface area contributed by atoms with Crippen LogP contribution in [0, 0.1) is 5.92 Å². The molecule has 0 aliphatic heterocycles. The van der Waals surface area contributed by atoms with Gasteiger partial charge in [-0.15, -0.1) is 0 Å². The van der Waals surface area contributed by atoms with Gasteiger partial charge in [-0.1, -0.05) is 65.2 Å². The number of hydrogen-bond acceptors (Lipinski definition) is 2. The lowest BCUT2D eigenvalue weighted by Crippen LogP contribution is -2.21. The van der Waals surface area contributed by atoms with Crippen LogP contribution in [0.1, 0.15) is 104 Å². The maximum Gasteiger partial charge on any atom is 0.240 e. The summed E-state index contributed by atoms with van der Waals surface area (Å²) in [4.78, 5) is 11.8. The molecule has 1 aliphatic rings. The minimum absolute atomic E-state index is 0.0936. The molecule has 1 saturated carbocycles. The lowest BCUT2D eigenvalue weighted by molar-refractivity contribution is -0.121. The molecule has 22 heavy (non-hydrogen) atoms. The molecule has 0 saturated heterocycles. The first kappa shape index (κ1) is 19.2. The predicted octanol–water partition coefficient (Wildman–Crippen LogP) is 5.59. The number of unbranched alkanes of at least 4 members (excludes halogenated alkanes) is 7. The van der Waals surface area contributed by atoms with E-state index in [9.17, 15) is 4.79 Å². The number of carbonyl (C=O) groups excluding carboxylic acids is 1. The summed E-state index contributed by atoms with van der Waals surface area (Å²) >= 11 is 0. The molecular weight excluding hydrogens is 272 g/mol. The van der Waals surface area contributed by atoms with E-state index in [4.69, 9.17) is 0 Å². The quantitative estimate of drug-likeness (QED) is 0.392. The number of hydrazone groups is 1. The Hall–Kier alpha value is -0.860. The van der Waals surface area contributed by atoms with Gasteiger partial charge in [0.1, 0.15) is 0 Å². The van der Waals surface area contributed by atoms with Gasteiger partial charge in [-0.2, -0.15) is 5.10 Å². The van der Waals surface area contributed by atoms with Crippen LogP contribution in [0.25, 0.3) is 0 Å². The van der Waals surface area contributed by atoms with Crippen LogP contribution in [0.4, 0.5) is 0 Å². The van der Waals surface area contributed by atoms with Gasteiger partial charge in [0.2, 0.25) is 5.91 Å². The summed E-state index contributed by atoms with van der Waals surface area (Å²) < 4.78 is 0. The van der Waals surface area contributed by atoms with Crippen LogP contribution in [-0.2, 0) is 4.79 Å². The Labute approximate surface area is 137 Å². The highest BCUT2D eigenvalue weighted by molar-refractivity contribution is 5.86. The van der Waals surface area contributed by atoms with Crippen molar-refractivity contribution < 1.29 is 4.79 Å². The number of rotatable bonds is 11. The number of hydrogen-bond donors (Lipinski definition) is 1. The fourth-order valence-corrected chi connectivity index (χ4v) is 3.15. The minimum Gasteiger partial charge on any atom is -0.273 e. The van der Waals surface area contributed by atoms with Crippen molar-refractivity contribution >= 4 is 11.6 Å². The molecule has 0 radical (unpaired) electrons. The lowest BCUT2D eigenvalue weighted by atomic mass is 9.86. The molecule has 0 heterocycles. The summed E-state index contributed by atoms with van der Waals surface area (Å²) in [6.07, 6.45) is 16.7. The monoisotopic (exact) mass is 308 g/mol. The van der Waals surface area contributed by atoms with Crippen LogP contribution in [0.2, 0.25) is 0 Å². The molecule has 128 valence electrons. The Balaban J connectivity index is 1.97. The van der Waals surface area contributed by atoms with E-state index >= 15 is 0 Å².